The molecule has 0 nitrogen and oxygen atoms in total. The molecule has 0 unspecified atom stereocenters. The van der Waals surface area contributed by atoms with E-state index in [1.807, 2.05) is 50.2 Å². The van der Waals surface area contributed by atoms with Gasteiger partial charge in [-0.15, -0.1) is 25.3 Å². The quantitative estimate of drug-likeness (QED) is 0.204. The Morgan fingerprint density at radius 3 is 1.13 bits per heavy atom. The van der Waals surface area contributed by atoms with Gasteiger partial charge in [-0.2, -0.15) is 9.79 Å². The molecular formula is C18H26RuS4. The molecule has 2 rings (SSSR count). The van der Waals surface area contributed by atoms with Crippen molar-refractivity contribution in [2.24, 2.45) is 0 Å². The van der Waals surface area contributed by atoms with Gasteiger partial charge in [-0.3, -0.25) is 0 Å². The van der Waals surface area contributed by atoms with Crippen LogP contribution < -0.4 is 0 Å². The van der Waals surface area contributed by atoms with E-state index in [2.05, 4.69) is 25.3 Å². The number of benzene rings is 2. The molecule has 0 fully saturated rings. The summed E-state index contributed by atoms with van der Waals surface area (Å²) in [5.41, 5.74) is 2.20. The van der Waals surface area contributed by atoms with E-state index in [-0.39, 0.29) is 49.2 Å². The Morgan fingerprint density at radius 1 is 0.652 bits per heavy atom. The summed E-state index contributed by atoms with van der Waals surface area (Å²) in [5, 5.41) is 0. The molecule has 0 radical (unpaired) electrons. The van der Waals surface area contributed by atoms with E-state index < -0.39 is 0 Å². The van der Waals surface area contributed by atoms with Crippen LogP contribution in [-0.4, -0.2) is 0 Å². The average molecular weight is 472 g/mol. The minimum absolute atomic E-state index is 0. The first kappa shape index (κ1) is 34.5. The summed E-state index contributed by atoms with van der Waals surface area (Å²) < 4.78 is 0. The van der Waals surface area contributed by atoms with Crippen molar-refractivity contribution in [3.8, 4) is 0 Å². The fourth-order valence-electron chi connectivity index (χ4n) is 1.22. The molecular weight excluding hydrogens is 446 g/mol. The van der Waals surface area contributed by atoms with E-state index in [0.29, 0.717) is 0 Å². The molecule has 23 heavy (non-hydrogen) atoms. The molecule has 0 N–H and O–H groups in total. The summed E-state index contributed by atoms with van der Waals surface area (Å²) in [6.45, 7) is 3.97. The number of hydrogen-bond donors (Lipinski definition) is 2. The molecule has 0 amide bonds. The van der Waals surface area contributed by atoms with Crippen LogP contribution in [-0.2, 0) is 44.7 Å². The minimum atomic E-state index is 0. The molecule has 0 aliphatic rings. The van der Waals surface area contributed by atoms with Crippen LogP contribution in [0.25, 0.3) is 0 Å². The van der Waals surface area contributed by atoms with Crippen LogP contribution in [0.4, 0.5) is 0 Å². The van der Waals surface area contributed by atoms with E-state index in [1.54, 1.807) is 0 Å². The third-order valence-electron chi connectivity index (χ3n) is 2.39. The Hall–Kier alpha value is 0.203. The van der Waals surface area contributed by atoms with E-state index in [9.17, 15) is 0 Å². The Labute approximate surface area is 179 Å². The minimum Gasteiger partial charge on any atom is -0.781 e. The van der Waals surface area contributed by atoms with Gasteiger partial charge < -0.3 is 55.0 Å². The number of hydrogen-bond acceptors (Lipinski definition) is 4. The third-order valence-corrected chi connectivity index (χ3v) is 4.53. The largest absolute Gasteiger partial charge is 6.00 e. The Balaban J connectivity index is -0.0000000782. The molecule has 130 valence electrons. The van der Waals surface area contributed by atoms with Crippen LogP contribution in [0.2, 0.25) is 0 Å². The molecule has 0 heterocycles. The normalized spacial score (nSPS) is 7.48. The Morgan fingerprint density at radius 2 is 0.913 bits per heavy atom. The van der Waals surface area contributed by atoms with Crippen LogP contribution >= 0.6 is 25.3 Å². The fourth-order valence-corrected chi connectivity index (χ4v) is 2.00. The molecule has 5 heteroatoms. The van der Waals surface area contributed by atoms with E-state index in [0.717, 1.165) is 30.7 Å². The van der Waals surface area contributed by atoms with Crippen molar-refractivity contribution in [2.45, 2.75) is 33.4 Å². The molecule has 0 atom stereocenters. The maximum absolute atomic E-state index is 5.08. The first-order valence-corrected chi connectivity index (χ1v) is 7.05. The summed E-state index contributed by atoms with van der Waals surface area (Å²) in [6, 6.07) is 11.7. The van der Waals surface area contributed by atoms with Gasteiger partial charge in [0.15, 0.2) is 0 Å². The van der Waals surface area contributed by atoms with Crippen LogP contribution in [0.15, 0.2) is 56.0 Å². The summed E-state index contributed by atoms with van der Waals surface area (Å²) in [7, 11) is 0. The first-order valence-electron chi connectivity index (χ1n) is 5.34. The van der Waals surface area contributed by atoms with E-state index in [4.69, 9.17) is 25.3 Å². The molecule has 0 aromatic heterocycles. The van der Waals surface area contributed by atoms with Crippen LogP contribution in [0.3, 0.4) is 0 Å². The molecule has 0 bridgehead atoms. The molecule has 2 aromatic rings. The Bertz CT molecular complexity index is 495. The van der Waals surface area contributed by atoms with Gasteiger partial charge >= 0.3 is 19.5 Å². The molecule has 2 aromatic carbocycles. The summed E-state index contributed by atoms with van der Waals surface area (Å²) in [5.74, 6) is 0. The fraction of sp³-hybridized carbons (Fsp3) is 0.111. The van der Waals surface area contributed by atoms with E-state index in [1.165, 1.54) is 0 Å². The average Bonchev–Trinajstić information content (AvgIpc) is 2.36. The van der Waals surface area contributed by atoms with E-state index >= 15 is 0 Å². The number of thiol groups is 2. The van der Waals surface area contributed by atoms with Gasteiger partial charge in [-0.05, 0) is 26.0 Å². The van der Waals surface area contributed by atoms with Gasteiger partial charge in [0.25, 0.3) is 0 Å². The van der Waals surface area contributed by atoms with Gasteiger partial charge in [0, 0.05) is 9.79 Å². The zero-order valence-corrected chi connectivity index (χ0v) is 19.7. The smallest absolute Gasteiger partial charge is 0.781 e. The first-order chi connectivity index (χ1) is 8.43. The van der Waals surface area contributed by atoms with Crippen LogP contribution in [0, 0.1) is 43.6 Å². The summed E-state index contributed by atoms with van der Waals surface area (Å²) in [4.78, 5) is 3.51. The van der Waals surface area contributed by atoms with Gasteiger partial charge in [0.1, 0.15) is 0 Å². The second-order valence-corrected chi connectivity index (χ2v) is 5.63. The molecule has 0 saturated carbocycles. The monoisotopic (exact) mass is 472 g/mol. The SMILES string of the molecule is Cc1ccc(C)c([S-])c1[S-].Sc1ccccc1S.[CH3-].[CH3-].[CH3-].[CH3-].[Ru+6]. The molecule has 0 saturated heterocycles. The maximum atomic E-state index is 5.08. The van der Waals surface area contributed by atoms with Crippen molar-refractivity contribution in [3.63, 3.8) is 0 Å². The molecule has 0 spiro atoms. The summed E-state index contributed by atoms with van der Waals surface area (Å²) in [6.07, 6.45) is 0. The zero-order chi connectivity index (χ0) is 13.7. The van der Waals surface area contributed by atoms with Crippen molar-refractivity contribution in [1.29, 1.82) is 0 Å². The molecule has 0 aliphatic heterocycles. The van der Waals surface area contributed by atoms with Gasteiger partial charge in [0.2, 0.25) is 0 Å². The number of rotatable bonds is 0. The summed E-state index contributed by atoms with van der Waals surface area (Å²) >= 11 is 18.4. The van der Waals surface area contributed by atoms with Crippen molar-refractivity contribution in [1.82, 2.24) is 0 Å². The maximum Gasteiger partial charge on any atom is 6.00 e. The van der Waals surface area contributed by atoms with Crippen molar-refractivity contribution < 1.29 is 19.5 Å². The zero-order valence-electron chi connectivity index (χ0n) is 14.5. The van der Waals surface area contributed by atoms with Gasteiger partial charge in [-0.1, -0.05) is 35.4 Å². The topological polar surface area (TPSA) is 0 Å². The molecule has 0 aliphatic carbocycles. The van der Waals surface area contributed by atoms with Crippen molar-refractivity contribution >= 4 is 50.5 Å². The Kier molecular flexibility index (Phi) is 25.6. The number of aryl methyl sites for hydroxylation is 2. The van der Waals surface area contributed by atoms with Gasteiger partial charge in [-0.25, -0.2) is 0 Å². The predicted octanol–water partition coefficient (Wildman–Crippen LogP) is 6.18. The van der Waals surface area contributed by atoms with Gasteiger partial charge in [0.05, 0.1) is 0 Å². The predicted molar refractivity (Wildman–Crippen MR) is 114 cm³/mol. The second-order valence-electron chi connectivity index (χ2n) is 3.85. The van der Waals surface area contributed by atoms with Crippen molar-refractivity contribution in [3.05, 3.63) is 77.2 Å². The standard InChI is InChI=1S/C8H10S2.C6H6S2.4CH3.Ru/c1-5-3-4-6(2)8(10)7(5)9;7-5-3-1-2-4-6(5)8;;;;;/h3-4,9-10H,1-2H3;1-4,7-8H;4*1H3;/q;;4*-1;+6/p-2. The second kappa shape index (κ2) is 17.0. The van der Waals surface area contributed by atoms with Crippen molar-refractivity contribution in [2.75, 3.05) is 0 Å². The third kappa shape index (κ3) is 11.4. The van der Waals surface area contributed by atoms with Crippen LogP contribution in [0.5, 0.6) is 0 Å². The van der Waals surface area contributed by atoms with Crippen LogP contribution in [0.1, 0.15) is 11.1 Å².